The van der Waals surface area contributed by atoms with E-state index in [9.17, 15) is 9.59 Å². The van der Waals surface area contributed by atoms with Gasteiger partial charge in [0.1, 0.15) is 12.4 Å². The quantitative estimate of drug-likeness (QED) is 0.676. The maximum absolute atomic E-state index is 12.4. The molecular weight excluding hydrogens is 308 g/mol. The van der Waals surface area contributed by atoms with E-state index in [0.29, 0.717) is 24.5 Å². The van der Waals surface area contributed by atoms with Crippen molar-refractivity contribution >= 4 is 11.9 Å². The van der Waals surface area contributed by atoms with E-state index in [1.807, 2.05) is 17.9 Å². The van der Waals surface area contributed by atoms with Gasteiger partial charge >= 0.3 is 5.97 Å². The lowest BCUT2D eigenvalue weighted by molar-refractivity contribution is -0.139. The summed E-state index contributed by atoms with van der Waals surface area (Å²) in [4.78, 5) is 25.2. The zero-order valence-electron chi connectivity index (χ0n) is 13.9. The van der Waals surface area contributed by atoms with Crippen LogP contribution in [-0.4, -0.2) is 53.7 Å². The van der Waals surface area contributed by atoms with E-state index in [0.717, 1.165) is 12.8 Å². The Balaban J connectivity index is 1.89. The van der Waals surface area contributed by atoms with Crippen LogP contribution in [0.2, 0.25) is 0 Å². The van der Waals surface area contributed by atoms with E-state index < -0.39 is 5.97 Å². The molecule has 0 aromatic heterocycles. The van der Waals surface area contributed by atoms with Crippen LogP contribution in [-0.2, 0) is 4.79 Å². The third kappa shape index (κ3) is 4.58. The Morgan fingerprint density at radius 1 is 1.42 bits per heavy atom. The monoisotopic (exact) mass is 332 g/mol. The van der Waals surface area contributed by atoms with E-state index in [4.69, 9.17) is 9.84 Å². The molecule has 0 saturated heterocycles. The number of aliphatic carboxylic acids is 1. The van der Waals surface area contributed by atoms with Gasteiger partial charge in [0.15, 0.2) is 0 Å². The lowest BCUT2D eigenvalue weighted by Crippen LogP contribution is -2.54. The second-order valence-corrected chi connectivity index (χ2v) is 5.85. The highest BCUT2D eigenvalue weighted by Crippen LogP contribution is 2.26. The predicted octanol–water partition coefficient (Wildman–Crippen LogP) is 1.92. The molecule has 0 bridgehead atoms. The van der Waals surface area contributed by atoms with Gasteiger partial charge in [0.25, 0.3) is 5.91 Å². The normalized spacial score (nSPS) is 19.4. The first-order valence-electron chi connectivity index (χ1n) is 8.14. The van der Waals surface area contributed by atoms with Crippen molar-refractivity contribution in [3.63, 3.8) is 0 Å². The van der Waals surface area contributed by atoms with Crippen LogP contribution in [0.25, 0.3) is 0 Å². The lowest BCUT2D eigenvalue weighted by atomic mass is 9.85. The number of likely N-dealkylation sites (N-methyl/N-ethyl adjacent to an activating group) is 1. The van der Waals surface area contributed by atoms with Crippen LogP contribution in [0.3, 0.4) is 0 Å². The molecule has 0 spiro atoms. The fourth-order valence-corrected chi connectivity index (χ4v) is 2.87. The summed E-state index contributed by atoms with van der Waals surface area (Å²) >= 11 is 0. The SMILES string of the molecule is C=CCOc1ccccc1C(=O)NC1CC(N(CC)CC(=O)O)C1. The summed E-state index contributed by atoms with van der Waals surface area (Å²) in [6, 6.07) is 7.38. The average molecular weight is 332 g/mol. The van der Waals surface area contributed by atoms with Crippen molar-refractivity contribution in [3.05, 3.63) is 42.5 Å². The fourth-order valence-electron chi connectivity index (χ4n) is 2.87. The van der Waals surface area contributed by atoms with Crippen molar-refractivity contribution in [1.29, 1.82) is 0 Å². The minimum atomic E-state index is -0.822. The smallest absolute Gasteiger partial charge is 0.317 e. The van der Waals surface area contributed by atoms with Crippen LogP contribution in [0.15, 0.2) is 36.9 Å². The largest absolute Gasteiger partial charge is 0.489 e. The van der Waals surface area contributed by atoms with Crippen LogP contribution in [0.1, 0.15) is 30.1 Å². The fraction of sp³-hybridized carbons (Fsp3) is 0.444. The first-order valence-corrected chi connectivity index (χ1v) is 8.14. The number of carboxylic acids is 1. The van der Waals surface area contributed by atoms with Crippen molar-refractivity contribution in [1.82, 2.24) is 10.2 Å². The number of rotatable bonds is 9. The first-order chi connectivity index (χ1) is 11.5. The van der Waals surface area contributed by atoms with E-state index in [2.05, 4.69) is 11.9 Å². The van der Waals surface area contributed by atoms with Crippen molar-refractivity contribution in [3.8, 4) is 5.75 Å². The molecule has 0 atom stereocenters. The van der Waals surface area contributed by atoms with Gasteiger partial charge in [0.2, 0.25) is 0 Å². The number of hydrogen-bond donors (Lipinski definition) is 2. The molecule has 2 N–H and O–H groups in total. The summed E-state index contributed by atoms with van der Waals surface area (Å²) in [6.45, 7) is 6.62. The molecule has 130 valence electrons. The lowest BCUT2D eigenvalue weighted by Gasteiger charge is -2.42. The molecule has 24 heavy (non-hydrogen) atoms. The highest BCUT2D eigenvalue weighted by molar-refractivity contribution is 5.97. The number of amides is 1. The molecule has 6 nitrogen and oxygen atoms in total. The number of carbonyl (C=O) groups excluding carboxylic acids is 1. The summed E-state index contributed by atoms with van der Waals surface area (Å²) < 4.78 is 5.51. The molecule has 0 heterocycles. The minimum Gasteiger partial charge on any atom is -0.489 e. The van der Waals surface area contributed by atoms with Gasteiger partial charge in [-0.3, -0.25) is 14.5 Å². The topological polar surface area (TPSA) is 78.9 Å². The Morgan fingerprint density at radius 2 is 2.12 bits per heavy atom. The maximum atomic E-state index is 12.4. The second-order valence-electron chi connectivity index (χ2n) is 5.85. The van der Waals surface area contributed by atoms with Crippen molar-refractivity contribution in [2.45, 2.75) is 31.8 Å². The van der Waals surface area contributed by atoms with E-state index in [1.165, 1.54) is 0 Å². The molecule has 2 rings (SSSR count). The van der Waals surface area contributed by atoms with E-state index >= 15 is 0 Å². The Labute approximate surface area is 142 Å². The molecule has 1 fully saturated rings. The summed E-state index contributed by atoms with van der Waals surface area (Å²) in [7, 11) is 0. The summed E-state index contributed by atoms with van der Waals surface area (Å²) in [5, 5.41) is 11.9. The van der Waals surface area contributed by atoms with Crippen LogP contribution >= 0.6 is 0 Å². The molecule has 0 unspecified atom stereocenters. The van der Waals surface area contributed by atoms with Gasteiger partial charge in [0.05, 0.1) is 12.1 Å². The third-order valence-electron chi connectivity index (χ3n) is 4.20. The molecule has 1 aromatic carbocycles. The van der Waals surface area contributed by atoms with Crippen LogP contribution < -0.4 is 10.1 Å². The molecule has 0 aliphatic heterocycles. The van der Waals surface area contributed by atoms with Crippen molar-refractivity contribution in [2.24, 2.45) is 0 Å². The number of benzene rings is 1. The zero-order chi connectivity index (χ0) is 17.5. The standard InChI is InChI=1S/C18H24N2O4/c1-3-9-24-16-8-6-5-7-15(16)18(23)19-13-10-14(11-13)20(4-2)12-17(21)22/h3,5-8,13-14H,1,4,9-12H2,2H3,(H,19,23)(H,21,22). The molecular formula is C18H24N2O4. The van der Waals surface area contributed by atoms with E-state index in [1.54, 1.807) is 24.3 Å². The minimum absolute atomic E-state index is 0.0417. The molecule has 1 aliphatic carbocycles. The van der Waals surface area contributed by atoms with Crippen LogP contribution in [0, 0.1) is 0 Å². The summed E-state index contributed by atoms with van der Waals surface area (Å²) in [5.74, 6) is -0.455. The van der Waals surface area contributed by atoms with E-state index in [-0.39, 0.29) is 24.5 Å². The van der Waals surface area contributed by atoms with Gasteiger partial charge in [-0.15, -0.1) is 0 Å². The Bertz CT molecular complexity index is 596. The zero-order valence-corrected chi connectivity index (χ0v) is 13.9. The number of carbonyl (C=O) groups is 2. The third-order valence-corrected chi connectivity index (χ3v) is 4.20. The Kier molecular flexibility index (Phi) is 6.37. The molecule has 1 saturated carbocycles. The summed E-state index contributed by atoms with van der Waals surface area (Å²) in [5.41, 5.74) is 0.501. The number of nitrogens with one attached hydrogen (secondary N) is 1. The number of hydrogen-bond acceptors (Lipinski definition) is 4. The molecule has 1 amide bonds. The van der Waals surface area contributed by atoms with Crippen LogP contribution in [0.4, 0.5) is 0 Å². The van der Waals surface area contributed by atoms with Gasteiger partial charge in [-0.1, -0.05) is 31.7 Å². The van der Waals surface area contributed by atoms with Gasteiger partial charge in [-0.25, -0.2) is 0 Å². The highest BCUT2D eigenvalue weighted by Gasteiger charge is 2.35. The van der Waals surface area contributed by atoms with Crippen LogP contribution in [0.5, 0.6) is 5.75 Å². The van der Waals surface area contributed by atoms with Gasteiger partial charge in [0, 0.05) is 12.1 Å². The summed E-state index contributed by atoms with van der Waals surface area (Å²) in [6.07, 6.45) is 3.16. The number of nitrogens with zero attached hydrogens (tertiary/aromatic N) is 1. The average Bonchev–Trinajstić information content (AvgIpc) is 2.53. The number of para-hydroxylation sites is 1. The molecule has 6 heteroatoms. The number of ether oxygens (including phenoxy) is 1. The molecule has 1 aromatic rings. The van der Waals surface area contributed by atoms with Gasteiger partial charge < -0.3 is 15.2 Å². The molecule has 1 aliphatic rings. The first kappa shape index (κ1) is 18.0. The van der Waals surface area contributed by atoms with Crippen molar-refractivity contribution in [2.75, 3.05) is 19.7 Å². The number of carboxylic acid groups (broad SMARTS) is 1. The predicted molar refractivity (Wildman–Crippen MR) is 91.3 cm³/mol. The Morgan fingerprint density at radius 3 is 2.75 bits per heavy atom. The maximum Gasteiger partial charge on any atom is 0.317 e. The van der Waals surface area contributed by atoms with Crippen molar-refractivity contribution < 1.29 is 19.4 Å². The van der Waals surface area contributed by atoms with Gasteiger partial charge in [-0.05, 0) is 31.5 Å². The van der Waals surface area contributed by atoms with Gasteiger partial charge in [-0.2, -0.15) is 0 Å². The second kappa shape index (κ2) is 8.49. The highest BCUT2D eigenvalue weighted by atomic mass is 16.5. The molecule has 0 radical (unpaired) electrons. The Hall–Kier alpha value is -2.34.